The fourth-order valence-electron chi connectivity index (χ4n) is 4.05. The van der Waals surface area contributed by atoms with Crippen LogP contribution in [-0.4, -0.2) is 19.0 Å². The lowest BCUT2D eigenvalue weighted by molar-refractivity contribution is 0.267. The molecule has 0 aliphatic carbocycles. The van der Waals surface area contributed by atoms with Gasteiger partial charge in [-0.15, -0.1) is 0 Å². The summed E-state index contributed by atoms with van der Waals surface area (Å²) < 4.78 is 59.8. The quantitative estimate of drug-likeness (QED) is 0.123. The van der Waals surface area contributed by atoms with Crippen molar-refractivity contribution in [1.29, 1.82) is 0 Å². The van der Waals surface area contributed by atoms with E-state index >= 15 is 0 Å². The molecule has 4 rings (SSSR count). The van der Waals surface area contributed by atoms with Crippen molar-refractivity contribution < 1.29 is 22.6 Å². The lowest BCUT2D eigenvalue weighted by Gasteiger charge is -2.19. The highest BCUT2D eigenvalue weighted by atomic mass is 32.2. The van der Waals surface area contributed by atoms with Gasteiger partial charge in [-0.05, 0) is 36.1 Å². The Hall–Kier alpha value is -3.13. The molecule has 0 N–H and O–H groups in total. The van der Waals surface area contributed by atoms with Crippen molar-refractivity contribution in [3.05, 3.63) is 71.5 Å². The Bertz CT molecular complexity index is 1250. The standard InChI is InChI=1S/C30H32F3N2O2S/c1-3-5-7-9-19-37-28-25(32)24(31)27-29(26(28)33)38-35-30(34-27)22-12-10-20(11-13-22)21-14-16-23(17-15-21)36-18-8-6-4-2/h10-17H,3-9,18-19H2,1-2H3. The van der Waals surface area contributed by atoms with E-state index in [1.54, 1.807) is 12.1 Å². The van der Waals surface area contributed by atoms with Gasteiger partial charge in [-0.1, -0.05) is 82.3 Å². The molecule has 1 radical (unpaired) electrons. The summed E-state index contributed by atoms with van der Waals surface area (Å²) in [5, 5.41) is 4.16. The van der Waals surface area contributed by atoms with Crippen molar-refractivity contribution in [2.45, 2.75) is 63.7 Å². The predicted octanol–water partition coefficient (Wildman–Crippen LogP) is 9.00. The molecule has 4 nitrogen and oxygen atoms in total. The summed E-state index contributed by atoms with van der Waals surface area (Å²) in [5.41, 5.74) is 2.20. The summed E-state index contributed by atoms with van der Waals surface area (Å²) in [5.74, 6) is -3.26. The molecule has 1 heterocycles. The maximum atomic E-state index is 15.0. The molecule has 8 heteroatoms. The van der Waals surface area contributed by atoms with E-state index in [0.29, 0.717) is 18.6 Å². The Labute approximate surface area is 226 Å². The first-order valence-corrected chi connectivity index (χ1v) is 13.9. The third kappa shape index (κ3) is 6.65. The number of hydrogen-bond acceptors (Lipinski definition) is 4. The molecule has 0 fully saturated rings. The highest BCUT2D eigenvalue weighted by Gasteiger charge is 2.31. The molecule has 0 unspecified atom stereocenters. The van der Waals surface area contributed by atoms with Crippen LogP contribution in [0.1, 0.15) is 64.4 Å². The molecular formula is C30H32F3N2O2S. The lowest BCUT2D eigenvalue weighted by atomic mass is 10.0. The zero-order valence-electron chi connectivity index (χ0n) is 21.7. The topological polar surface area (TPSA) is 44.9 Å². The van der Waals surface area contributed by atoms with Gasteiger partial charge in [0, 0.05) is 17.5 Å². The van der Waals surface area contributed by atoms with Crippen LogP contribution in [0.4, 0.5) is 18.9 Å². The molecule has 38 heavy (non-hydrogen) atoms. The number of rotatable bonds is 13. The maximum absolute atomic E-state index is 15.0. The minimum atomic E-state index is -1.37. The van der Waals surface area contributed by atoms with Crippen molar-refractivity contribution in [2.24, 2.45) is 4.40 Å². The van der Waals surface area contributed by atoms with Gasteiger partial charge in [-0.25, -0.2) is 14.1 Å². The molecular weight excluding hydrogens is 509 g/mol. The van der Waals surface area contributed by atoms with Gasteiger partial charge in [0.1, 0.15) is 11.4 Å². The average molecular weight is 542 g/mol. The van der Waals surface area contributed by atoms with Gasteiger partial charge in [0.25, 0.3) is 0 Å². The second kappa shape index (κ2) is 13.6. The Morgan fingerprint density at radius 1 is 0.658 bits per heavy atom. The highest BCUT2D eigenvalue weighted by Crippen LogP contribution is 2.43. The zero-order chi connectivity index (χ0) is 26.9. The summed E-state index contributed by atoms with van der Waals surface area (Å²) >= 11 is 0.733. The van der Waals surface area contributed by atoms with E-state index in [4.69, 9.17) is 9.47 Å². The summed E-state index contributed by atoms with van der Waals surface area (Å²) in [4.78, 5) is -0.176. The molecule has 201 valence electrons. The van der Waals surface area contributed by atoms with Crippen molar-refractivity contribution in [3.8, 4) is 22.6 Å². The number of unbranched alkanes of at least 4 members (excludes halogenated alkanes) is 5. The van der Waals surface area contributed by atoms with Gasteiger partial charge in [0.2, 0.25) is 5.82 Å². The molecule has 3 aromatic rings. The summed E-state index contributed by atoms with van der Waals surface area (Å²) in [7, 11) is 0. The number of amidine groups is 1. The Morgan fingerprint density at radius 3 is 1.92 bits per heavy atom. The molecule has 1 aliphatic rings. The fourth-order valence-corrected chi connectivity index (χ4v) is 4.77. The Morgan fingerprint density at radius 2 is 1.24 bits per heavy atom. The molecule has 1 aliphatic heterocycles. The van der Waals surface area contributed by atoms with Crippen molar-refractivity contribution in [2.75, 3.05) is 13.2 Å². The van der Waals surface area contributed by atoms with Crippen LogP contribution >= 0.6 is 11.9 Å². The smallest absolute Gasteiger partial charge is 0.206 e. The van der Waals surface area contributed by atoms with Crippen LogP contribution < -0.4 is 14.8 Å². The van der Waals surface area contributed by atoms with E-state index in [1.807, 2.05) is 36.4 Å². The van der Waals surface area contributed by atoms with Crippen LogP contribution in [0.2, 0.25) is 0 Å². The van der Waals surface area contributed by atoms with E-state index in [1.165, 1.54) is 0 Å². The van der Waals surface area contributed by atoms with Gasteiger partial charge in [-0.3, -0.25) is 0 Å². The predicted molar refractivity (Wildman–Crippen MR) is 147 cm³/mol. The number of halogens is 3. The van der Waals surface area contributed by atoms with Crippen LogP contribution in [0.25, 0.3) is 11.1 Å². The van der Waals surface area contributed by atoms with Crippen LogP contribution in [0, 0.1) is 17.5 Å². The molecule has 0 spiro atoms. The first kappa shape index (κ1) is 27.9. The number of nitrogens with zero attached hydrogens (tertiary/aromatic N) is 2. The normalized spacial score (nSPS) is 12.5. The molecule has 0 saturated heterocycles. The highest BCUT2D eigenvalue weighted by molar-refractivity contribution is 7.98. The minimum absolute atomic E-state index is 0.115. The van der Waals surface area contributed by atoms with E-state index in [2.05, 4.69) is 23.6 Å². The molecule has 0 amide bonds. The van der Waals surface area contributed by atoms with Crippen LogP contribution in [0.5, 0.6) is 11.5 Å². The first-order valence-electron chi connectivity index (χ1n) is 13.2. The summed E-state index contributed by atoms with van der Waals surface area (Å²) in [6.07, 6.45) is 6.88. The fraction of sp³-hybridized carbons (Fsp3) is 0.367. The Balaban J connectivity index is 1.43. The van der Waals surface area contributed by atoms with Gasteiger partial charge in [0.05, 0.1) is 18.1 Å². The molecule has 0 bridgehead atoms. The van der Waals surface area contributed by atoms with Gasteiger partial charge >= 0.3 is 0 Å². The van der Waals surface area contributed by atoms with E-state index in [9.17, 15) is 13.2 Å². The van der Waals surface area contributed by atoms with Crippen molar-refractivity contribution >= 4 is 23.5 Å². The summed E-state index contributed by atoms with van der Waals surface area (Å²) in [6, 6.07) is 15.3. The maximum Gasteiger partial charge on any atom is 0.206 e. The Kier molecular flexibility index (Phi) is 9.98. The second-order valence-corrected chi connectivity index (χ2v) is 9.91. The van der Waals surface area contributed by atoms with E-state index in [-0.39, 0.29) is 17.3 Å². The molecule has 0 atom stereocenters. The number of fused-ring (bicyclic) bond motifs is 1. The third-order valence-electron chi connectivity index (χ3n) is 6.25. The molecule has 0 aromatic heterocycles. The first-order chi connectivity index (χ1) is 18.5. The molecule has 3 aromatic carbocycles. The zero-order valence-corrected chi connectivity index (χ0v) is 22.6. The number of benzene rings is 3. The minimum Gasteiger partial charge on any atom is -0.494 e. The third-order valence-corrected chi connectivity index (χ3v) is 7.07. The summed E-state index contributed by atoms with van der Waals surface area (Å²) in [6.45, 7) is 5.04. The van der Waals surface area contributed by atoms with Gasteiger partial charge < -0.3 is 9.47 Å². The van der Waals surface area contributed by atoms with E-state index in [0.717, 1.165) is 67.3 Å². The van der Waals surface area contributed by atoms with Crippen LogP contribution in [-0.2, 0) is 0 Å². The number of hydrogen-bond donors (Lipinski definition) is 0. The largest absolute Gasteiger partial charge is 0.494 e. The van der Waals surface area contributed by atoms with Gasteiger partial charge in [-0.2, -0.15) is 8.79 Å². The molecule has 0 saturated carbocycles. The lowest BCUT2D eigenvalue weighted by Crippen LogP contribution is -2.18. The van der Waals surface area contributed by atoms with Crippen LogP contribution in [0.15, 0.2) is 57.8 Å². The monoisotopic (exact) mass is 541 g/mol. The van der Waals surface area contributed by atoms with Gasteiger partial charge in [0.15, 0.2) is 23.2 Å². The van der Waals surface area contributed by atoms with Crippen molar-refractivity contribution in [3.63, 3.8) is 0 Å². The van der Waals surface area contributed by atoms with Crippen molar-refractivity contribution in [1.82, 2.24) is 5.32 Å². The average Bonchev–Trinajstić information content (AvgIpc) is 2.96. The second-order valence-electron chi connectivity index (χ2n) is 9.13. The SMILES string of the molecule is CCCCCCOc1c(F)c(F)c2c(c1F)SN=C(c1ccc(-c3ccc(OCCCCC)cc3)cc1)[N]2. The van der Waals surface area contributed by atoms with Crippen LogP contribution in [0.3, 0.4) is 0 Å². The van der Waals surface area contributed by atoms with E-state index < -0.39 is 28.9 Å². The number of ether oxygens (including phenoxy) is 2.